The highest BCUT2D eigenvalue weighted by molar-refractivity contribution is 5.94. The van der Waals surface area contributed by atoms with E-state index in [1.54, 1.807) is 29.7 Å². The number of fused-ring (bicyclic) bond motifs is 1. The lowest BCUT2D eigenvalue weighted by atomic mass is 9.97. The molecule has 1 heterocycles. The molecule has 29 heavy (non-hydrogen) atoms. The van der Waals surface area contributed by atoms with Gasteiger partial charge in [-0.05, 0) is 64.2 Å². The van der Waals surface area contributed by atoms with Gasteiger partial charge >= 0.3 is 5.97 Å². The highest BCUT2D eigenvalue weighted by Gasteiger charge is 2.14. The van der Waals surface area contributed by atoms with Crippen molar-refractivity contribution in [3.05, 3.63) is 51.5 Å². The second kappa shape index (κ2) is 9.49. The molecule has 1 N–H and O–H groups in total. The summed E-state index contributed by atoms with van der Waals surface area (Å²) >= 11 is 0. The number of aryl methyl sites for hydroxylation is 2. The van der Waals surface area contributed by atoms with Crippen LogP contribution >= 0.6 is 0 Å². The van der Waals surface area contributed by atoms with Crippen LogP contribution in [0.2, 0.25) is 0 Å². The number of nitrogens with zero attached hydrogens (tertiary/aromatic N) is 2. The summed E-state index contributed by atoms with van der Waals surface area (Å²) in [5, 5.41) is 2.79. The molecule has 3 rings (SSSR count). The molecule has 0 bridgehead atoms. The number of carbonyl (C=O) groups excluding carboxylic acids is 2. The van der Waals surface area contributed by atoms with Crippen LogP contribution in [0.1, 0.15) is 55.1 Å². The van der Waals surface area contributed by atoms with Crippen LogP contribution in [0.4, 0.5) is 0 Å². The molecular weight excluding hydrogens is 370 g/mol. The Morgan fingerprint density at radius 3 is 2.83 bits per heavy atom. The maximum absolute atomic E-state index is 12.3. The molecule has 1 amide bonds. The molecule has 1 aliphatic carbocycles. The summed E-state index contributed by atoms with van der Waals surface area (Å²) in [6, 6.07) is 4.85. The molecule has 0 unspecified atom stereocenters. The van der Waals surface area contributed by atoms with Gasteiger partial charge in [0.2, 0.25) is 0 Å². The van der Waals surface area contributed by atoms with Gasteiger partial charge in [-0.2, -0.15) is 0 Å². The summed E-state index contributed by atoms with van der Waals surface area (Å²) in [5.74, 6) is -0.907. The van der Waals surface area contributed by atoms with Crippen LogP contribution in [0.15, 0.2) is 34.6 Å². The molecule has 0 saturated carbocycles. The van der Waals surface area contributed by atoms with Crippen LogP contribution in [0, 0.1) is 6.92 Å². The van der Waals surface area contributed by atoms with Crippen LogP contribution in [-0.4, -0.2) is 34.6 Å². The van der Waals surface area contributed by atoms with Crippen molar-refractivity contribution in [1.82, 2.24) is 14.9 Å². The Morgan fingerprint density at radius 1 is 1.28 bits per heavy atom. The fraction of sp³-hybridized carbons (Fsp3) is 0.455. The maximum Gasteiger partial charge on any atom is 0.338 e. The predicted octanol–water partition coefficient (Wildman–Crippen LogP) is 2.89. The first-order chi connectivity index (χ1) is 14.0. The van der Waals surface area contributed by atoms with Gasteiger partial charge in [-0.3, -0.25) is 9.59 Å². The Morgan fingerprint density at radius 2 is 2.10 bits per heavy atom. The Labute approximate surface area is 169 Å². The third-order valence-corrected chi connectivity index (χ3v) is 5.15. The van der Waals surface area contributed by atoms with Gasteiger partial charge in [0, 0.05) is 13.1 Å². The van der Waals surface area contributed by atoms with Crippen LogP contribution in [0.5, 0.6) is 0 Å². The number of hydrogen-bond acceptors (Lipinski definition) is 5. The van der Waals surface area contributed by atoms with E-state index in [1.165, 1.54) is 18.4 Å². The zero-order valence-electron chi connectivity index (χ0n) is 17.0. The SMILES string of the molecule is CCn1c(=O)c(C)nc2cc(C(=O)OCC(=O)NCCC3=CCCCC3)ccc21. The van der Waals surface area contributed by atoms with Gasteiger partial charge in [0.15, 0.2) is 6.61 Å². The molecule has 154 valence electrons. The molecular formula is C22H27N3O4. The lowest BCUT2D eigenvalue weighted by Crippen LogP contribution is -2.30. The molecule has 0 fully saturated rings. The molecule has 0 saturated heterocycles. The first kappa shape index (κ1) is 20.8. The summed E-state index contributed by atoms with van der Waals surface area (Å²) in [6.07, 6.45) is 7.78. The summed E-state index contributed by atoms with van der Waals surface area (Å²) in [6.45, 7) is 4.27. The van der Waals surface area contributed by atoms with Crippen LogP contribution in [0.25, 0.3) is 11.0 Å². The Kier molecular flexibility index (Phi) is 6.80. The van der Waals surface area contributed by atoms with E-state index in [0.29, 0.717) is 35.4 Å². The van der Waals surface area contributed by atoms with Crippen molar-refractivity contribution in [3.63, 3.8) is 0 Å². The van der Waals surface area contributed by atoms with Gasteiger partial charge in [0.1, 0.15) is 5.69 Å². The van der Waals surface area contributed by atoms with Gasteiger partial charge in [-0.1, -0.05) is 11.6 Å². The van der Waals surface area contributed by atoms with Crippen molar-refractivity contribution in [2.45, 2.75) is 52.5 Å². The van der Waals surface area contributed by atoms with Crippen molar-refractivity contribution in [3.8, 4) is 0 Å². The predicted molar refractivity (Wildman–Crippen MR) is 111 cm³/mol. The number of benzene rings is 1. The molecule has 2 aromatic rings. The molecule has 0 spiro atoms. The third-order valence-electron chi connectivity index (χ3n) is 5.15. The number of hydrogen-bond donors (Lipinski definition) is 1. The fourth-order valence-electron chi connectivity index (χ4n) is 3.58. The van der Waals surface area contributed by atoms with E-state index in [1.807, 2.05) is 6.92 Å². The number of esters is 1. The van der Waals surface area contributed by atoms with E-state index in [-0.39, 0.29) is 18.1 Å². The number of ether oxygens (including phenoxy) is 1. The van der Waals surface area contributed by atoms with Crippen LogP contribution < -0.4 is 10.9 Å². The van der Waals surface area contributed by atoms with Crippen molar-refractivity contribution < 1.29 is 14.3 Å². The quantitative estimate of drug-likeness (QED) is 0.573. The number of carbonyl (C=O) groups is 2. The van der Waals surface area contributed by atoms with E-state index < -0.39 is 5.97 Å². The van der Waals surface area contributed by atoms with Gasteiger partial charge in [0.05, 0.1) is 16.6 Å². The van der Waals surface area contributed by atoms with Crippen molar-refractivity contribution in [1.29, 1.82) is 0 Å². The minimum absolute atomic E-state index is 0.143. The lowest BCUT2D eigenvalue weighted by Gasteiger charge is -2.13. The second-order valence-corrected chi connectivity index (χ2v) is 7.23. The third kappa shape index (κ3) is 5.10. The molecule has 0 atom stereocenters. The largest absolute Gasteiger partial charge is 0.452 e. The van der Waals surface area contributed by atoms with E-state index in [2.05, 4.69) is 16.4 Å². The Bertz CT molecular complexity index is 1010. The maximum atomic E-state index is 12.3. The molecule has 1 aromatic heterocycles. The standard InChI is InChI=1S/C22H27N3O4/c1-3-25-19-10-9-17(13-18(19)24-15(2)21(25)27)22(28)29-14-20(26)23-12-11-16-7-5-4-6-8-16/h7,9-10,13H,3-6,8,11-12,14H2,1-2H3,(H,23,26). The first-order valence-corrected chi connectivity index (χ1v) is 10.1. The fourth-order valence-corrected chi connectivity index (χ4v) is 3.58. The summed E-state index contributed by atoms with van der Waals surface area (Å²) < 4.78 is 6.74. The Balaban J connectivity index is 1.56. The normalized spacial score (nSPS) is 13.8. The van der Waals surface area contributed by atoms with E-state index in [9.17, 15) is 14.4 Å². The molecule has 1 aromatic carbocycles. The van der Waals surface area contributed by atoms with E-state index in [0.717, 1.165) is 19.3 Å². The summed E-state index contributed by atoms with van der Waals surface area (Å²) in [5.41, 5.74) is 3.12. The lowest BCUT2D eigenvalue weighted by molar-refractivity contribution is -0.124. The van der Waals surface area contributed by atoms with Crippen molar-refractivity contribution in [2.24, 2.45) is 0 Å². The van der Waals surface area contributed by atoms with Crippen molar-refractivity contribution in [2.75, 3.05) is 13.2 Å². The van der Waals surface area contributed by atoms with E-state index in [4.69, 9.17) is 4.74 Å². The minimum atomic E-state index is -0.592. The minimum Gasteiger partial charge on any atom is -0.452 e. The summed E-state index contributed by atoms with van der Waals surface area (Å²) in [4.78, 5) is 40.7. The topological polar surface area (TPSA) is 90.3 Å². The Hall–Kier alpha value is -2.96. The second-order valence-electron chi connectivity index (χ2n) is 7.23. The average molecular weight is 397 g/mol. The molecule has 0 aliphatic heterocycles. The van der Waals surface area contributed by atoms with E-state index >= 15 is 0 Å². The average Bonchev–Trinajstić information content (AvgIpc) is 2.73. The summed E-state index contributed by atoms with van der Waals surface area (Å²) in [7, 11) is 0. The van der Waals surface area contributed by atoms with Gasteiger partial charge < -0.3 is 14.6 Å². The van der Waals surface area contributed by atoms with Crippen LogP contribution in [-0.2, 0) is 16.1 Å². The van der Waals surface area contributed by atoms with Gasteiger partial charge in [0.25, 0.3) is 11.5 Å². The first-order valence-electron chi connectivity index (χ1n) is 10.1. The van der Waals surface area contributed by atoms with Gasteiger partial charge in [-0.15, -0.1) is 0 Å². The zero-order valence-corrected chi connectivity index (χ0v) is 17.0. The number of rotatable bonds is 7. The number of nitrogens with one attached hydrogen (secondary N) is 1. The highest BCUT2D eigenvalue weighted by atomic mass is 16.5. The van der Waals surface area contributed by atoms with Crippen LogP contribution in [0.3, 0.4) is 0 Å². The number of allylic oxidation sites excluding steroid dienone is 1. The molecule has 1 aliphatic rings. The molecule has 7 heteroatoms. The highest BCUT2D eigenvalue weighted by Crippen LogP contribution is 2.19. The van der Waals surface area contributed by atoms with Gasteiger partial charge in [-0.25, -0.2) is 9.78 Å². The van der Waals surface area contributed by atoms with Crippen molar-refractivity contribution >= 4 is 22.9 Å². The molecule has 0 radical (unpaired) electrons. The number of aromatic nitrogens is 2. The zero-order chi connectivity index (χ0) is 20.8. The smallest absolute Gasteiger partial charge is 0.338 e. The monoisotopic (exact) mass is 397 g/mol. The molecule has 7 nitrogen and oxygen atoms in total. The number of amides is 1.